The van der Waals surface area contributed by atoms with Gasteiger partial charge in [-0.05, 0) is 72.8 Å². The number of carbonyl (C=O) groups excluding carboxylic acids is 2. The van der Waals surface area contributed by atoms with Crippen molar-refractivity contribution in [3.05, 3.63) is 149 Å². The minimum absolute atomic E-state index is 0.131. The standard InChI is InChI=1S/C32H22N2O4/c1-22(38-30-17-11-27(12-18-30)32(36)25-7-13-28(34-2)14-8-25)19-20-37-29-15-9-26(10-16-29)31(35)24-5-3-23(21-33)4-6-24/h3-18H,1,19-20H2. The number of carbonyl (C=O) groups is 2. The molecule has 184 valence electrons. The van der Waals surface area contributed by atoms with Gasteiger partial charge in [-0.25, -0.2) is 4.85 Å². The van der Waals surface area contributed by atoms with Crippen molar-refractivity contribution in [1.29, 1.82) is 5.26 Å². The summed E-state index contributed by atoms with van der Waals surface area (Å²) in [5, 5.41) is 8.89. The molecule has 0 unspecified atom stereocenters. The molecule has 0 radical (unpaired) electrons. The van der Waals surface area contributed by atoms with E-state index in [4.69, 9.17) is 21.3 Å². The van der Waals surface area contributed by atoms with Gasteiger partial charge in [-0.15, -0.1) is 0 Å². The van der Waals surface area contributed by atoms with E-state index in [-0.39, 0.29) is 11.6 Å². The summed E-state index contributed by atoms with van der Waals surface area (Å²) in [7, 11) is 0. The fourth-order valence-electron chi connectivity index (χ4n) is 3.59. The molecule has 4 aromatic carbocycles. The molecule has 0 fully saturated rings. The molecule has 6 heteroatoms. The number of benzene rings is 4. The number of rotatable bonds is 10. The first kappa shape index (κ1) is 25.6. The van der Waals surface area contributed by atoms with E-state index >= 15 is 0 Å². The van der Waals surface area contributed by atoms with Crippen molar-refractivity contribution in [3.8, 4) is 17.6 Å². The van der Waals surface area contributed by atoms with Crippen LogP contribution in [-0.2, 0) is 0 Å². The summed E-state index contributed by atoms with van der Waals surface area (Å²) in [6.45, 7) is 11.3. The van der Waals surface area contributed by atoms with E-state index in [0.29, 0.717) is 63.8 Å². The number of nitriles is 1. The number of hydrogen-bond donors (Lipinski definition) is 0. The average Bonchev–Trinajstić information content (AvgIpc) is 2.97. The molecule has 0 heterocycles. The second kappa shape index (κ2) is 12.0. The number of hydrogen-bond acceptors (Lipinski definition) is 5. The van der Waals surface area contributed by atoms with Crippen molar-refractivity contribution in [2.75, 3.05) is 6.61 Å². The van der Waals surface area contributed by atoms with Crippen LogP contribution in [0.15, 0.2) is 109 Å². The monoisotopic (exact) mass is 498 g/mol. The average molecular weight is 499 g/mol. The van der Waals surface area contributed by atoms with E-state index in [0.717, 1.165) is 0 Å². The molecule has 0 aliphatic rings. The molecular formula is C32H22N2O4. The van der Waals surface area contributed by atoms with Crippen molar-refractivity contribution >= 4 is 17.3 Å². The minimum Gasteiger partial charge on any atom is -0.493 e. The quantitative estimate of drug-likeness (QED) is 0.134. The maximum absolute atomic E-state index is 12.6. The van der Waals surface area contributed by atoms with Crippen LogP contribution in [-0.4, -0.2) is 18.2 Å². The lowest BCUT2D eigenvalue weighted by molar-refractivity contribution is 0.103. The molecule has 0 aliphatic carbocycles. The molecule has 6 nitrogen and oxygen atoms in total. The van der Waals surface area contributed by atoms with Crippen LogP contribution < -0.4 is 9.47 Å². The third-order valence-electron chi connectivity index (χ3n) is 5.68. The summed E-state index contributed by atoms with van der Waals surface area (Å²) >= 11 is 0. The Balaban J connectivity index is 1.24. The molecule has 0 saturated heterocycles. The van der Waals surface area contributed by atoms with Crippen LogP contribution in [0.1, 0.15) is 43.8 Å². The molecule has 0 spiro atoms. The molecule has 4 rings (SSSR count). The Morgan fingerprint density at radius 3 is 1.66 bits per heavy atom. The highest BCUT2D eigenvalue weighted by molar-refractivity contribution is 6.09. The zero-order valence-electron chi connectivity index (χ0n) is 20.4. The fraction of sp³-hybridized carbons (Fsp3) is 0.0625. The van der Waals surface area contributed by atoms with E-state index in [1.54, 1.807) is 97.1 Å². The van der Waals surface area contributed by atoms with Gasteiger partial charge < -0.3 is 9.47 Å². The van der Waals surface area contributed by atoms with Gasteiger partial charge in [-0.3, -0.25) is 9.59 Å². The molecule has 0 N–H and O–H groups in total. The summed E-state index contributed by atoms with van der Waals surface area (Å²) in [5.41, 5.74) is 3.06. The molecular weight excluding hydrogens is 476 g/mol. The first-order valence-electron chi connectivity index (χ1n) is 11.7. The molecule has 0 atom stereocenters. The van der Waals surface area contributed by atoms with Crippen molar-refractivity contribution in [3.63, 3.8) is 0 Å². The van der Waals surface area contributed by atoms with E-state index in [9.17, 15) is 9.59 Å². The zero-order chi connectivity index (χ0) is 26.9. The summed E-state index contributed by atoms with van der Waals surface area (Å²) in [6, 6.07) is 28.7. The zero-order valence-corrected chi connectivity index (χ0v) is 20.4. The molecule has 0 aliphatic heterocycles. The van der Waals surface area contributed by atoms with Crippen LogP contribution >= 0.6 is 0 Å². The SMILES string of the molecule is [C-]#[N+]c1ccc(C(=O)c2ccc(OC(=C)CCOc3ccc(C(=O)c4ccc(C#N)cc4)cc3)cc2)cc1. The Bertz CT molecular complexity index is 1540. The van der Waals surface area contributed by atoms with Crippen LogP contribution in [0, 0.1) is 17.9 Å². The van der Waals surface area contributed by atoms with Crippen molar-refractivity contribution in [2.45, 2.75) is 6.42 Å². The summed E-state index contributed by atoms with van der Waals surface area (Å²) < 4.78 is 11.5. The number of ketones is 2. The molecule has 0 amide bonds. The second-order valence-electron chi connectivity index (χ2n) is 8.29. The van der Waals surface area contributed by atoms with Crippen molar-refractivity contribution < 1.29 is 19.1 Å². The Hall–Kier alpha value is -5.46. The lowest BCUT2D eigenvalue weighted by Gasteiger charge is -2.11. The molecule has 0 aromatic heterocycles. The van der Waals surface area contributed by atoms with Gasteiger partial charge >= 0.3 is 0 Å². The highest BCUT2D eigenvalue weighted by Crippen LogP contribution is 2.21. The van der Waals surface area contributed by atoms with Gasteiger partial charge in [-0.1, -0.05) is 30.8 Å². The predicted molar refractivity (Wildman–Crippen MR) is 143 cm³/mol. The van der Waals surface area contributed by atoms with Crippen LogP contribution in [0.2, 0.25) is 0 Å². The minimum atomic E-state index is -0.134. The largest absolute Gasteiger partial charge is 0.493 e. The Labute approximate surface area is 220 Å². The first-order chi connectivity index (χ1) is 18.5. The first-order valence-corrected chi connectivity index (χ1v) is 11.7. The molecule has 38 heavy (non-hydrogen) atoms. The lowest BCUT2D eigenvalue weighted by Crippen LogP contribution is -2.04. The number of ether oxygens (including phenoxy) is 2. The Morgan fingerprint density at radius 2 is 1.18 bits per heavy atom. The molecule has 0 saturated carbocycles. The highest BCUT2D eigenvalue weighted by Gasteiger charge is 2.11. The van der Waals surface area contributed by atoms with Crippen LogP contribution in [0.25, 0.3) is 4.85 Å². The highest BCUT2D eigenvalue weighted by atomic mass is 16.5. The van der Waals surface area contributed by atoms with E-state index < -0.39 is 0 Å². The van der Waals surface area contributed by atoms with Gasteiger partial charge in [0.2, 0.25) is 0 Å². The Kier molecular flexibility index (Phi) is 8.08. The molecule has 4 aromatic rings. The Morgan fingerprint density at radius 1 is 0.737 bits per heavy atom. The normalized spacial score (nSPS) is 10.1. The van der Waals surface area contributed by atoms with Gasteiger partial charge in [0.05, 0.1) is 24.8 Å². The van der Waals surface area contributed by atoms with Crippen LogP contribution in [0.4, 0.5) is 5.69 Å². The van der Waals surface area contributed by atoms with Gasteiger partial charge in [0.25, 0.3) is 0 Å². The van der Waals surface area contributed by atoms with Crippen LogP contribution in [0.3, 0.4) is 0 Å². The van der Waals surface area contributed by atoms with E-state index in [2.05, 4.69) is 11.4 Å². The van der Waals surface area contributed by atoms with Crippen molar-refractivity contribution in [2.24, 2.45) is 0 Å². The van der Waals surface area contributed by atoms with Gasteiger partial charge in [-0.2, -0.15) is 5.26 Å². The van der Waals surface area contributed by atoms with Crippen LogP contribution in [0.5, 0.6) is 11.5 Å². The summed E-state index contributed by atoms with van der Waals surface area (Å²) in [6.07, 6.45) is 0.444. The third-order valence-corrected chi connectivity index (χ3v) is 5.68. The lowest BCUT2D eigenvalue weighted by atomic mass is 10.0. The maximum atomic E-state index is 12.6. The molecule has 0 bridgehead atoms. The topological polar surface area (TPSA) is 80.8 Å². The van der Waals surface area contributed by atoms with Gasteiger partial charge in [0, 0.05) is 28.7 Å². The van der Waals surface area contributed by atoms with E-state index in [1.165, 1.54) is 0 Å². The van der Waals surface area contributed by atoms with Gasteiger partial charge in [0.15, 0.2) is 17.3 Å². The third kappa shape index (κ3) is 6.40. The summed E-state index contributed by atoms with van der Waals surface area (Å²) in [4.78, 5) is 28.6. The maximum Gasteiger partial charge on any atom is 0.193 e. The number of nitrogens with zero attached hydrogens (tertiary/aromatic N) is 2. The smallest absolute Gasteiger partial charge is 0.193 e. The summed E-state index contributed by atoms with van der Waals surface area (Å²) in [5.74, 6) is 1.41. The fourth-order valence-corrected chi connectivity index (χ4v) is 3.59. The van der Waals surface area contributed by atoms with Crippen molar-refractivity contribution in [1.82, 2.24) is 0 Å². The van der Waals surface area contributed by atoms with E-state index in [1.807, 2.05) is 6.07 Å². The van der Waals surface area contributed by atoms with Gasteiger partial charge in [0.1, 0.15) is 17.3 Å². The predicted octanol–water partition coefficient (Wildman–Crippen LogP) is 6.93. The second-order valence-corrected chi connectivity index (χ2v) is 8.29.